The second kappa shape index (κ2) is 6.31. The van der Waals surface area contributed by atoms with Gasteiger partial charge in [-0.05, 0) is 54.0 Å². The quantitative estimate of drug-likeness (QED) is 0.846. The van der Waals surface area contributed by atoms with Crippen LogP contribution in [0.5, 0.6) is 0 Å². The molecule has 0 unspecified atom stereocenters. The molecule has 1 atom stereocenters. The van der Waals surface area contributed by atoms with Gasteiger partial charge >= 0.3 is 5.76 Å². The predicted octanol–water partition coefficient (Wildman–Crippen LogP) is 1.64. The minimum Gasteiger partial charge on any atom is -0.349 e. The first-order valence-electron chi connectivity index (χ1n) is 7.31. The van der Waals surface area contributed by atoms with Crippen LogP contribution in [0.1, 0.15) is 29.0 Å². The molecule has 1 aliphatic carbocycles. The van der Waals surface area contributed by atoms with Gasteiger partial charge in [0.05, 0.1) is 0 Å². The Kier molecular flexibility index (Phi) is 4.22. The smallest absolute Gasteiger partial charge is 0.349 e. The Balaban J connectivity index is 1.62. The molecule has 2 N–H and O–H groups in total. The van der Waals surface area contributed by atoms with Gasteiger partial charge in [-0.2, -0.15) is 0 Å². The summed E-state index contributed by atoms with van der Waals surface area (Å²) in [6, 6.07) is 3.83. The molecule has 23 heavy (non-hydrogen) atoms. The van der Waals surface area contributed by atoms with Gasteiger partial charge in [0.15, 0.2) is 11.6 Å². The van der Waals surface area contributed by atoms with Crippen molar-refractivity contribution in [2.75, 3.05) is 6.54 Å². The first-order valence-corrected chi connectivity index (χ1v) is 7.31. The highest BCUT2D eigenvalue weighted by molar-refractivity contribution is 5.90. The molecule has 1 amide bonds. The van der Waals surface area contributed by atoms with Gasteiger partial charge in [-0.15, -0.1) is 0 Å². The molecule has 1 aliphatic rings. The third kappa shape index (κ3) is 3.82. The Bertz CT molecular complexity index is 767. The monoisotopic (exact) mass is 323 g/mol. The number of hydrogen-bond acceptors (Lipinski definition) is 4. The third-order valence-electron chi connectivity index (χ3n) is 3.95. The minimum absolute atomic E-state index is 0.113. The average molecular weight is 323 g/mol. The van der Waals surface area contributed by atoms with Crippen LogP contribution in [0.25, 0.3) is 0 Å². The largest absolute Gasteiger partial charge is 0.439 e. The molecule has 1 aromatic carbocycles. The molecule has 122 valence electrons. The Morgan fingerprint density at radius 3 is 2.78 bits per heavy atom. The van der Waals surface area contributed by atoms with Gasteiger partial charge < -0.3 is 5.32 Å². The molecule has 1 saturated carbocycles. The van der Waals surface area contributed by atoms with Crippen molar-refractivity contribution in [1.29, 1.82) is 0 Å². The molecule has 8 heteroatoms. The Morgan fingerprint density at radius 2 is 2.17 bits per heavy atom. The molecule has 1 fully saturated rings. The van der Waals surface area contributed by atoms with Crippen molar-refractivity contribution >= 4 is 5.91 Å². The Morgan fingerprint density at radius 1 is 1.39 bits per heavy atom. The first kappa shape index (κ1) is 15.4. The molecule has 0 saturated heterocycles. The SMILES string of the molecule is O=C(NC[C@H](Cc1ccc(F)c(F)c1)C1CC1)c1noc(=O)[nH]1. The summed E-state index contributed by atoms with van der Waals surface area (Å²) in [6.07, 6.45) is 2.63. The van der Waals surface area contributed by atoms with E-state index in [9.17, 15) is 18.4 Å². The van der Waals surface area contributed by atoms with Crippen molar-refractivity contribution in [1.82, 2.24) is 15.5 Å². The predicted molar refractivity (Wildman–Crippen MR) is 75.7 cm³/mol. The van der Waals surface area contributed by atoms with Crippen molar-refractivity contribution in [2.24, 2.45) is 11.8 Å². The first-order chi connectivity index (χ1) is 11.0. The highest BCUT2D eigenvalue weighted by Gasteiger charge is 2.31. The molecule has 6 nitrogen and oxygen atoms in total. The Hall–Kier alpha value is -2.51. The number of amides is 1. The van der Waals surface area contributed by atoms with E-state index in [0.717, 1.165) is 18.9 Å². The van der Waals surface area contributed by atoms with E-state index in [1.54, 1.807) is 6.07 Å². The minimum atomic E-state index is -0.875. The molecule has 0 radical (unpaired) electrons. The summed E-state index contributed by atoms with van der Waals surface area (Å²) in [5.74, 6) is -2.71. The highest BCUT2D eigenvalue weighted by Crippen LogP contribution is 2.38. The molecule has 0 aliphatic heterocycles. The van der Waals surface area contributed by atoms with E-state index in [2.05, 4.69) is 20.0 Å². The molecular weight excluding hydrogens is 308 g/mol. The zero-order chi connectivity index (χ0) is 16.4. The summed E-state index contributed by atoms with van der Waals surface area (Å²) in [5.41, 5.74) is 0.685. The topological polar surface area (TPSA) is 88.0 Å². The van der Waals surface area contributed by atoms with Gasteiger partial charge in [0.2, 0.25) is 5.82 Å². The molecule has 0 bridgehead atoms. The summed E-state index contributed by atoms with van der Waals surface area (Å²) < 4.78 is 30.5. The number of halogens is 2. The molecule has 3 rings (SSSR count). The Labute approximate surface area is 129 Å². The van der Waals surface area contributed by atoms with Gasteiger partial charge in [-0.3, -0.25) is 14.3 Å². The van der Waals surface area contributed by atoms with Crippen LogP contribution in [-0.4, -0.2) is 22.6 Å². The number of carbonyl (C=O) groups is 1. The number of nitrogens with zero attached hydrogens (tertiary/aromatic N) is 1. The lowest BCUT2D eigenvalue weighted by Crippen LogP contribution is -2.32. The van der Waals surface area contributed by atoms with Crippen LogP contribution in [0.3, 0.4) is 0 Å². The summed E-state index contributed by atoms with van der Waals surface area (Å²) in [7, 11) is 0. The lowest BCUT2D eigenvalue weighted by Gasteiger charge is -2.16. The van der Waals surface area contributed by atoms with Crippen LogP contribution >= 0.6 is 0 Å². The number of aromatic nitrogens is 2. The van der Waals surface area contributed by atoms with E-state index in [4.69, 9.17) is 0 Å². The van der Waals surface area contributed by atoms with Crippen LogP contribution in [0.4, 0.5) is 8.78 Å². The van der Waals surface area contributed by atoms with Gasteiger partial charge in [0.25, 0.3) is 5.91 Å². The lowest BCUT2D eigenvalue weighted by molar-refractivity contribution is 0.0932. The maximum Gasteiger partial charge on any atom is 0.439 e. The molecule has 0 spiro atoms. The highest BCUT2D eigenvalue weighted by atomic mass is 19.2. The molecular formula is C15H15F2N3O3. The number of carbonyl (C=O) groups excluding carboxylic acids is 1. The second-order valence-corrected chi connectivity index (χ2v) is 5.70. The number of hydrogen-bond donors (Lipinski definition) is 2. The van der Waals surface area contributed by atoms with E-state index in [0.29, 0.717) is 24.4 Å². The summed E-state index contributed by atoms with van der Waals surface area (Å²) in [5, 5.41) is 5.99. The van der Waals surface area contributed by atoms with Crippen LogP contribution in [0.15, 0.2) is 27.5 Å². The van der Waals surface area contributed by atoms with Gasteiger partial charge in [0.1, 0.15) is 0 Å². The zero-order valence-electron chi connectivity index (χ0n) is 12.1. The molecule has 2 aromatic rings. The molecule has 1 heterocycles. The maximum absolute atomic E-state index is 13.3. The van der Waals surface area contributed by atoms with Crippen molar-refractivity contribution in [3.63, 3.8) is 0 Å². The van der Waals surface area contributed by atoms with E-state index in [1.807, 2.05) is 0 Å². The fourth-order valence-corrected chi connectivity index (χ4v) is 2.58. The summed E-state index contributed by atoms with van der Waals surface area (Å²) in [6.45, 7) is 0.359. The van der Waals surface area contributed by atoms with E-state index in [-0.39, 0.29) is 11.7 Å². The van der Waals surface area contributed by atoms with Crippen LogP contribution in [0, 0.1) is 23.5 Å². The molecule has 1 aromatic heterocycles. The normalized spacial score (nSPS) is 15.4. The zero-order valence-corrected chi connectivity index (χ0v) is 12.1. The third-order valence-corrected chi connectivity index (χ3v) is 3.95. The van der Waals surface area contributed by atoms with E-state index >= 15 is 0 Å². The summed E-state index contributed by atoms with van der Waals surface area (Å²) >= 11 is 0. The fraction of sp³-hybridized carbons (Fsp3) is 0.400. The summed E-state index contributed by atoms with van der Waals surface area (Å²) in [4.78, 5) is 24.8. The van der Waals surface area contributed by atoms with Crippen LogP contribution in [0.2, 0.25) is 0 Å². The van der Waals surface area contributed by atoms with Crippen molar-refractivity contribution in [3.8, 4) is 0 Å². The fourth-order valence-electron chi connectivity index (χ4n) is 2.58. The van der Waals surface area contributed by atoms with Gasteiger partial charge in [-0.25, -0.2) is 13.6 Å². The average Bonchev–Trinajstić information content (AvgIpc) is 3.28. The number of benzene rings is 1. The lowest BCUT2D eigenvalue weighted by atomic mass is 9.94. The van der Waals surface area contributed by atoms with E-state index < -0.39 is 23.3 Å². The van der Waals surface area contributed by atoms with Crippen molar-refractivity contribution in [3.05, 3.63) is 51.8 Å². The van der Waals surface area contributed by atoms with Gasteiger partial charge in [-0.1, -0.05) is 6.07 Å². The standard InChI is InChI=1S/C15H15F2N3O3/c16-11-4-1-8(6-12(11)17)5-10(9-2-3-9)7-18-14(21)13-19-15(22)23-20-13/h1,4,6,9-10H,2-3,5,7H2,(H,18,21)(H,19,20,22)/t10-/m0/s1. The van der Waals surface area contributed by atoms with Crippen molar-refractivity contribution < 1.29 is 18.1 Å². The number of aromatic amines is 1. The van der Waals surface area contributed by atoms with Gasteiger partial charge in [0, 0.05) is 6.54 Å². The number of H-pyrrole nitrogens is 1. The second-order valence-electron chi connectivity index (χ2n) is 5.70. The van der Waals surface area contributed by atoms with Crippen LogP contribution in [-0.2, 0) is 6.42 Å². The number of nitrogens with one attached hydrogen (secondary N) is 2. The van der Waals surface area contributed by atoms with Crippen LogP contribution < -0.4 is 11.1 Å². The van der Waals surface area contributed by atoms with E-state index in [1.165, 1.54) is 6.07 Å². The van der Waals surface area contributed by atoms with Crippen molar-refractivity contribution in [2.45, 2.75) is 19.3 Å². The maximum atomic E-state index is 13.3. The number of rotatable bonds is 6.